The van der Waals surface area contributed by atoms with Gasteiger partial charge in [0.25, 0.3) is 0 Å². The lowest BCUT2D eigenvalue weighted by atomic mass is 10.1. The molecule has 1 heterocycles. The quantitative estimate of drug-likeness (QED) is 0.627. The van der Waals surface area contributed by atoms with E-state index in [9.17, 15) is 22.8 Å². The molecule has 0 unspecified atom stereocenters. The van der Waals surface area contributed by atoms with Gasteiger partial charge in [-0.2, -0.15) is 13.2 Å². The first-order valence-electron chi connectivity index (χ1n) is 10.3. The Bertz CT molecular complexity index is 945. The van der Waals surface area contributed by atoms with Crippen molar-refractivity contribution in [1.82, 2.24) is 5.32 Å². The molecule has 0 atom stereocenters. The second-order valence-corrected chi connectivity index (χ2v) is 7.48. The summed E-state index contributed by atoms with van der Waals surface area (Å²) in [6.07, 6.45) is -2.38. The van der Waals surface area contributed by atoms with E-state index in [0.29, 0.717) is 19.4 Å². The Kier molecular flexibility index (Phi) is 7.61. The number of benzene rings is 2. The molecular formula is C23H25F3N2O4. The molecule has 0 aromatic heterocycles. The Labute approximate surface area is 184 Å². The number of hydrogen-bond donors (Lipinski definition) is 1. The van der Waals surface area contributed by atoms with Crippen LogP contribution in [-0.4, -0.2) is 38.3 Å². The third kappa shape index (κ3) is 6.63. The molecule has 9 heteroatoms. The van der Waals surface area contributed by atoms with Crippen molar-refractivity contribution in [3.05, 3.63) is 53.6 Å². The Morgan fingerprint density at radius 3 is 2.44 bits per heavy atom. The van der Waals surface area contributed by atoms with Gasteiger partial charge in [-0.05, 0) is 48.2 Å². The van der Waals surface area contributed by atoms with Gasteiger partial charge in [0.15, 0.2) is 18.1 Å². The van der Waals surface area contributed by atoms with Crippen LogP contribution in [0.15, 0.2) is 42.5 Å². The van der Waals surface area contributed by atoms with Gasteiger partial charge in [-0.1, -0.05) is 18.2 Å². The van der Waals surface area contributed by atoms with Crippen LogP contribution >= 0.6 is 0 Å². The maximum Gasteiger partial charge on any atom is 0.422 e. The minimum absolute atomic E-state index is 0.00268. The van der Waals surface area contributed by atoms with E-state index in [-0.39, 0.29) is 29.7 Å². The lowest BCUT2D eigenvalue weighted by molar-refractivity contribution is -0.153. The van der Waals surface area contributed by atoms with Gasteiger partial charge in [0.1, 0.15) is 0 Å². The van der Waals surface area contributed by atoms with Gasteiger partial charge < -0.3 is 19.7 Å². The maximum absolute atomic E-state index is 12.3. The fourth-order valence-corrected chi connectivity index (χ4v) is 3.41. The fraction of sp³-hybridized carbons (Fsp3) is 0.391. The minimum atomic E-state index is -4.44. The number of alkyl halides is 3. The second kappa shape index (κ2) is 10.4. The molecule has 2 aromatic carbocycles. The SMILES string of the molecule is COc1cc(CCC(=O)NCc2ccc(N3CCCC3=O)cc2)ccc1OCC(F)(F)F. The molecule has 1 aliphatic heterocycles. The highest BCUT2D eigenvalue weighted by molar-refractivity contribution is 5.95. The second-order valence-electron chi connectivity index (χ2n) is 7.48. The van der Waals surface area contributed by atoms with E-state index < -0.39 is 12.8 Å². The van der Waals surface area contributed by atoms with E-state index in [4.69, 9.17) is 9.47 Å². The van der Waals surface area contributed by atoms with Crippen molar-refractivity contribution in [1.29, 1.82) is 0 Å². The number of nitrogens with one attached hydrogen (secondary N) is 1. The summed E-state index contributed by atoms with van der Waals surface area (Å²) in [6.45, 7) is -0.309. The van der Waals surface area contributed by atoms with Gasteiger partial charge in [0.2, 0.25) is 11.8 Å². The molecule has 0 saturated carbocycles. The number of aryl methyl sites for hydroxylation is 1. The summed E-state index contributed by atoms with van der Waals surface area (Å²) in [5, 5.41) is 2.84. The first-order chi connectivity index (χ1) is 15.2. The lowest BCUT2D eigenvalue weighted by Gasteiger charge is -2.16. The predicted octanol–water partition coefficient (Wildman–Crippen LogP) is 4.01. The van der Waals surface area contributed by atoms with Gasteiger partial charge in [-0.25, -0.2) is 0 Å². The molecule has 172 valence electrons. The summed E-state index contributed by atoms with van der Waals surface area (Å²) in [4.78, 5) is 25.8. The molecule has 1 saturated heterocycles. The van der Waals surface area contributed by atoms with Crippen molar-refractivity contribution < 1.29 is 32.2 Å². The van der Waals surface area contributed by atoms with E-state index in [1.54, 1.807) is 17.0 Å². The van der Waals surface area contributed by atoms with Gasteiger partial charge in [-0.3, -0.25) is 9.59 Å². The maximum atomic E-state index is 12.3. The first kappa shape index (κ1) is 23.4. The van der Waals surface area contributed by atoms with Crippen molar-refractivity contribution in [2.75, 3.05) is 25.2 Å². The number of hydrogen-bond acceptors (Lipinski definition) is 4. The smallest absolute Gasteiger partial charge is 0.422 e. The zero-order valence-electron chi connectivity index (χ0n) is 17.7. The molecular weight excluding hydrogens is 425 g/mol. The van der Waals surface area contributed by atoms with Crippen LogP contribution in [0.2, 0.25) is 0 Å². The molecule has 0 radical (unpaired) electrons. The molecule has 6 nitrogen and oxygen atoms in total. The number of carbonyl (C=O) groups is 2. The zero-order valence-corrected chi connectivity index (χ0v) is 17.7. The molecule has 2 amide bonds. The number of carbonyl (C=O) groups excluding carboxylic acids is 2. The molecule has 32 heavy (non-hydrogen) atoms. The van der Waals surface area contributed by atoms with Crippen LogP contribution in [0.25, 0.3) is 0 Å². The van der Waals surface area contributed by atoms with Gasteiger partial charge in [0, 0.05) is 31.6 Å². The Morgan fingerprint density at radius 2 is 1.81 bits per heavy atom. The average molecular weight is 450 g/mol. The van der Waals surface area contributed by atoms with Crippen LogP contribution in [0.3, 0.4) is 0 Å². The molecule has 0 spiro atoms. The summed E-state index contributed by atoms with van der Waals surface area (Å²) in [6, 6.07) is 12.1. The summed E-state index contributed by atoms with van der Waals surface area (Å²) in [7, 11) is 1.34. The van der Waals surface area contributed by atoms with E-state index in [1.165, 1.54) is 13.2 Å². The largest absolute Gasteiger partial charge is 0.493 e. The molecule has 1 fully saturated rings. The number of rotatable bonds is 9. The van der Waals surface area contributed by atoms with Crippen molar-refractivity contribution in [3.8, 4) is 11.5 Å². The molecule has 0 aliphatic carbocycles. The normalized spacial score (nSPS) is 13.9. The highest BCUT2D eigenvalue weighted by Gasteiger charge is 2.29. The Morgan fingerprint density at radius 1 is 1.09 bits per heavy atom. The lowest BCUT2D eigenvalue weighted by Crippen LogP contribution is -2.24. The topological polar surface area (TPSA) is 67.9 Å². The zero-order chi connectivity index (χ0) is 23.1. The minimum Gasteiger partial charge on any atom is -0.493 e. The monoisotopic (exact) mass is 450 g/mol. The summed E-state index contributed by atoms with van der Waals surface area (Å²) < 4.78 is 46.9. The van der Waals surface area contributed by atoms with Crippen molar-refractivity contribution in [3.63, 3.8) is 0 Å². The van der Waals surface area contributed by atoms with Crippen molar-refractivity contribution in [2.24, 2.45) is 0 Å². The highest BCUT2D eigenvalue weighted by Crippen LogP contribution is 2.30. The van der Waals surface area contributed by atoms with Crippen LogP contribution in [0.5, 0.6) is 11.5 Å². The third-order valence-corrected chi connectivity index (χ3v) is 5.07. The Balaban J connectivity index is 1.46. The number of ether oxygens (including phenoxy) is 2. The number of nitrogens with zero attached hydrogens (tertiary/aromatic N) is 1. The van der Waals surface area contributed by atoms with Crippen LogP contribution < -0.4 is 19.7 Å². The molecule has 0 bridgehead atoms. The Hall–Kier alpha value is -3.23. The van der Waals surface area contributed by atoms with Crippen LogP contribution in [0.1, 0.15) is 30.4 Å². The van der Waals surface area contributed by atoms with Crippen LogP contribution in [0.4, 0.5) is 18.9 Å². The highest BCUT2D eigenvalue weighted by atomic mass is 19.4. The first-order valence-corrected chi connectivity index (χ1v) is 10.3. The van der Waals surface area contributed by atoms with E-state index in [0.717, 1.165) is 29.8 Å². The average Bonchev–Trinajstić information content (AvgIpc) is 3.20. The number of amides is 2. The summed E-state index contributed by atoms with van der Waals surface area (Å²) in [5.74, 6) is 0.156. The van der Waals surface area contributed by atoms with Crippen LogP contribution in [-0.2, 0) is 22.6 Å². The number of anilines is 1. The van der Waals surface area contributed by atoms with E-state index in [1.807, 2.05) is 24.3 Å². The van der Waals surface area contributed by atoms with Crippen LogP contribution in [0, 0.1) is 0 Å². The van der Waals surface area contributed by atoms with Gasteiger partial charge in [-0.15, -0.1) is 0 Å². The molecule has 1 aliphatic rings. The molecule has 1 N–H and O–H groups in total. The van der Waals surface area contributed by atoms with E-state index >= 15 is 0 Å². The number of methoxy groups -OCH3 is 1. The van der Waals surface area contributed by atoms with Gasteiger partial charge in [0.05, 0.1) is 7.11 Å². The van der Waals surface area contributed by atoms with Crippen molar-refractivity contribution >= 4 is 17.5 Å². The molecule has 2 aromatic rings. The summed E-state index contributed by atoms with van der Waals surface area (Å²) >= 11 is 0. The van der Waals surface area contributed by atoms with E-state index in [2.05, 4.69) is 5.32 Å². The standard InChI is InChI=1S/C23H25F3N2O4/c1-31-20-13-16(6-10-19(20)32-15-23(24,25)26)7-11-21(29)27-14-17-4-8-18(9-5-17)28-12-2-3-22(28)30/h4-6,8-10,13H,2-3,7,11-12,14-15H2,1H3,(H,27,29). The third-order valence-electron chi connectivity index (χ3n) is 5.07. The predicted molar refractivity (Wildman–Crippen MR) is 113 cm³/mol. The summed E-state index contributed by atoms with van der Waals surface area (Å²) in [5.41, 5.74) is 2.52. The van der Waals surface area contributed by atoms with Gasteiger partial charge >= 0.3 is 6.18 Å². The fourth-order valence-electron chi connectivity index (χ4n) is 3.41. The molecule has 3 rings (SSSR count). The number of halogens is 3. The van der Waals surface area contributed by atoms with Crippen molar-refractivity contribution in [2.45, 2.75) is 38.4 Å².